The number of aliphatic hydroxyl groups excluding tert-OH is 1. The number of para-hydroxylation sites is 2. The summed E-state index contributed by atoms with van der Waals surface area (Å²) in [6.45, 7) is 1.42. The van der Waals surface area contributed by atoms with Gasteiger partial charge in [-0.15, -0.1) is 0 Å². The number of hydrogen-bond acceptors (Lipinski definition) is 5. The van der Waals surface area contributed by atoms with Crippen LogP contribution in [0.5, 0.6) is 0 Å². The Labute approximate surface area is 179 Å². The number of carbonyl (C=O) groups is 2. The summed E-state index contributed by atoms with van der Waals surface area (Å²) in [5.41, 5.74) is 9.39. The molecule has 0 aliphatic rings. The summed E-state index contributed by atoms with van der Waals surface area (Å²) in [5.74, 6) is -1.07. The van der Waals surface area contributed by atoms with Crippen LogP contribution in [0.3, 0.4) is 0 Å². The number of carbonyl (C=O) groups excluding carboxylic acids is 2. The van der Waals surface area contributed by atoms with Gasteiger partial charge in [0.15, 0.2) is 0 Å². The summed E-state index contributed by atoms with van der Waals surface area (Å²) in [7, 11) is 0. The van der Waals surface area contributed by atoms with E-state index >= 15 is 0 Å². The lowest BCUT2D eigenvalue weighted by Gasteiger charge is -2.21. The average molecular weight is 424 g/mol. The second-order valence-electron chi connectivity index (χ2n) is 6.76. The number of imide groups is 1. The molecule has 0 aromatic heterocycles. The molecule has 0 fully saturated rings. The van der Waals surface area contributed by atoms with Gasteiger partial charge in [-0.25, -0.2) is 0 Å². The molecular weight excluding hydrogens is 402 g/mol. The molecule has 0 atom stereocenters. The molecule has 0 heterocycles. The van der Waals surface area contributed by atoms with E-state index in [1.807, 2.05) is 25.1 Å². The summed E-state index contributed by atoms with van der Waals surface area (Å²) in [4.78, 5) is 26.9. The molecule has 2 amide bonds. The number of rotatable bonds is 6. The fourth-order valence-corrected chi connectivity index (χ4v) is 3.19. The molecule has 6 nitrogen and oxygen atoms in total. The largest absolute Gasteiger partial charge is 0.397 e. The highest BCUT2D eigenvalue weighted by Gasteiger charge is 2.25. The van der Waals surface area contributed by atoms with Gasteiger partial charge in [0.05, 0.1) is 35.1 Å². The minimum Gasteiger partial charge on any atom is -0.397 e. The van der Waals surface area contributed by atoms with E-state index < -0.39 is 11.8 Å². The van der Waals surface area contributed by atoms with Crippen molar-refractivity contribution in [3.8, 4) is 0 Å². The van der Waals surface area contributed by atoms with E-state index in [0.29, 0.717) is 22.6 Å². The third-order valence-corrected chi connectivity index (χ3v) is 4.86. The first-order chi connectivity index (χ1) is 14.4. The number of aliphatic hydroxyl groups is 1. The number of anilines is 3. The third-order valence-electron chi connectivity index (χ3n) is 4.55. The summed E-state index contributed by atoms with van der Waals surface area (Å²) in [5, 5.41) is 12.7. The van der Waals surface area contributed by atoms with Crippen LogP contribution < -0.4 is 11.1 Å². The number of nitrogens with two attached hydrogens (primary N) is 1. The first-order valence-corrected chi connectivity index (χ1v) is 9.73. The van der Waals surface area contributed by atoms with Crippen LogP contribution in [0, 0.1) is 6.92 Å². The van der Waals surface area contributed by atoms with E-state index in [4.69, 9.17) is 17.3 Å². The number of hydrogen-bond donors (Lipinski definition) is 3. The van der Waals surface area contributed by atoms with E-state index in [0.717, 1.165) is 10.5 Å². The number of amides is 2. The van der Waals surface area contributed by atoms with Gasteiger partial charge < -0.3 is 16.2 Å². The highest BCUT2D eigenvalue weighted by Crippen LogP contribution is 2.27. The van der Waals surface area contributed by atoms with Crippen LogP contribution >= 0.6 is 11.6 Å². The van der Waals surface area contributed by atoms with Crippen molar-refractivity contribution in [1.29, 1.82) is 0 Å². The smallest absolute Gasteiger partial charge is 0.262 e. The topological polar surface area (TPSA) is 95.7 Å². The maximum Gasteiger partial charge on any atom is 0.262 e. The first-order valence-electron chi connectivity index (χ1n) is 9.35. The first kappa shape index (κ1) is 21.4. The Morgan fingerprint density at radius 1 is 1.03 bits per heavy atom. The molecule has 0 bridgehead atoms. The Bertz CT molecular complexity index is 1070. The van der Waals surface area contributed by atoms with Crippen molar-refractivity contribution in [3.05, 3.63) is 88.4 Å². The molecule has 0 aliphatic carbocycles. The highest BCUT2D eigenvalue weighted by atomic mass is 35.5. The molecule has 0 saturated carbocycles. The molecule has 30 heavy (non-hydrogen) atoms. The number of aryl methyl sites for hydroxylation is 1. The molecule has 3 aromatic rings. The highest BCUT2D eigenvalue weighted by molar-refractivity contribution is 6.34. The Morgan fingerprint density at radius 2 is 1.73 bits per heavy atom. The van der Waals surface area contributed by atoms with E-state index in [1.165, 1.54) is 0 Å². The predicted molar refractivity (Wildman–Crippen MR) is 119 cm³/mol. The van der Waals surface area contributed by atoms with Crippen LogP contribution in [-0.2, 0) is 0 Å². The van der Waals surface area contributed by atoms with Gasteiger partial charge >= 0.3 is 0 Å². The van der Waals surface area contributed by atoms with Crippen molar-refractivity contribution in [3.63, 3.8) is 0 Å². The van der Waals surface area contributed by atoms with Crippen LogP contribution in [0.25, 0.3) is 0 Å². The summed E-state index contributed by atoms with van der Waals surface area (Å²) < 4.78 is 0. The minimum atomic E-state index is -0.578. The average Bonchev–Trinajstić information content (AvgIpc) is 2.73. The third kappa shape index (κ3) is 4.79. The van der Waals surface area contributed by atoms with Crippen molar-refractivity contribution in [2.45, 2.75) is 6.92 Å². The van der Waals surface area contributed by atoms with Crippen molar-refractivity contribution in [2.24, 2.45) is 0 Å². The molecule has 4 N–H and O–H groups in total. The van der Waals surface area contributed by atoms with E-state index in [9.17, 15) is 14.7 Å². The lowest BCUT2D eigenvalue weighted by molar-refractivity contribution is 0.0586. The van der Waals surface area contributed by atoms with Crippen LogP contribution in [0.4, 0.5) is 17.1 Å². The molecule has 0 spiro atoms. The maximum absolute atomic E-state index is 13.0. The van der Waals surface area contributed by atoms with Gasteiger partial charge in [-0.3, -0.25) is 14.5 Å². The molecule has 0 saturated heterocycles. The zero-order chi connectivity index (χ0) is 21.7. The second kappa shape index (κ2) is 9.43. The normalized spacial score (nSPS) is 10.5. The van der Waals surface area contributed by atoms with Gasteiger partial charge in [0.2, 0.25) is 0 Å². The van der Waals surface area contributed by atoms with E-state index in [2.05, 4.69) is 5.32 Å². The molecule has 7 heteroatoms. The zero-order valence-electron chi connectivity index (χ0n) is 16.4. The van der Waals surface area contributed by atoms with E-state index in [-0.39, 0.29) is 23.7 Å². The quantitative estimate of drug-likeness (QED) is 0.407. The molecular formula is C23H22ClN3O3. The fourth-order valence-electron chi connectivity index (χ4n) is 2.93. The predicted octanol–water partition coefficient (Wildman–Crippen LogP) is 4.25. The van der Waals surface area contributed by atoms with Gasteiger partial charge in [0.1, 0.15) is 0 Å². The summed E-state index contributed by atoms with van der Waals surface area (Å²) >= 11 is 6.35. The van der Waals surface area contributed by atoms with Crippen LogP contribution in [0.2, 0.25) is 5.02 Å². The van der Waals surface area contributed by atoms with Crippen LogP contribution in [0.15, 0.2) is 66.7 Å². The molecule has 0 radical (unpaired) electrons. The van der Waals surface area contributed by atoms with Gasteiger partial charge in [-0.2, -0.15) is 0 Å². The van der Waals surface area contributed by atoms with Crippen molar-refractivity contribution >= 4 is 40.5 Å². The summed E-state index contributed by atoms with van der Waals surface area (Å²) in [6, 6.07) is 19.0. The fraction of sp³-hybridized carbons (Fsp3) is 0.130. The molecule has 0 aliphatic heterocycles. The number of nitrogen functional groups attached to an aromatic ring is 1. The Morgan fingerprint density at radius 3 is 2.37 bits per heavy atom. The molecule has 3 aromatic carbocycles. The van der Waals surface area contributed by atoms with Gasteiger partial charge in [0, 0.05) is 11.3 Å². The summed E-state index contributed by atoms with van der Waals surface area (Å²) in [6.07, 6.45) is 0. The monoisotopic (exact) mass is 423 g/mol. The van der Waals surface area contributed by atoms with Crippen LogP contribution in [-0.4, -0.2) is 35.0 Å². The number of nitrogens with one attached hydrogen (secondary N) is 1. The van der Waals surface area contributed by atoms with E-state index in [1.54, 1.807) is 48.5 Å². The van der Waals surface area contributed by atoms with Crippen LogP contribution in [0.1, 0.15) is 26.3 Å². The zero-order valence-corrected chi connectivity index (χ0v) is 17.2. The van der Waals surface area contributed by atoms with Crippen molar-refractivity contribution in [2.75, 3.05) is 24.2 Å². The standard InChI is InChI=1S/C23H22ClN3O3/c1-15-6-8-16(9-7-15)22(29)27(12-13-28)23(30)18-11-10-17(14-19(18)24)26-21-5-3-2-4-20(21)25/h2-11,14,26,28H,12-13,25H2,1H3. The minimum absolute atomic E-state index is 0.136. The Kier molecular flexibility index (Phi) is 6.72. The Hall–Kier alpha value is -3.35. The number of benzene rings is 3. The van der Waals surface area contributed by atoms with Gasteiger partial charge in [-0.05, 0) is 49.4 Å². The second-order valence-corrected chi connectivity index (χ2v) is 7.17. The number of halogens is 1. The SMILES string of the molecule is Cc1ccc(C(=O)N(CCO)C(=O)c2ccc(Nc3ccccc3N)cc2Cl)cc1. The lowest BCUT2D eigenvalue weighted by Crippen LogP contribution is -2.39. The maximum atomic E-state index is 13.0. The van der Waals surface area contributed by atoms with Crippen molar-refractivity contribution in [1.82, 2.24) is 4.90 Å². The lowest BCUT2D eigenvalue weighted by atomic mass is 10.1. The molecule has 154 valence electrons. The molecule has 3 rings (SSSR count). The Balaban J connectivity index is 1.85. The van der Waals surface area contributed by atoms with Gasteiger partial charge in [0.25, 0.3) is 11.8 Å². The van der Waals surface area contributed by atoms with Crippen molar-refractivity contribution < 1.29 is 14.7 Å². The number of nitrogens with zero attached hydrogens (tertiary/aromatic N) is 1. The van der Waals surface area contributed by atoms with Gasteiger partial charge in [-0.1, -0.05) is 41.4 Å². The molecule has 0 unspecified atom stereocenters.